The molecule has 25 heavy (non-hydrogen) atoms. The topological polar surface area (TPSA) is 87.4 Å². The molecule has 0 atom stereocenters. The average molecular weight is 359 g/mol. The van der Waals surface area contributed by atoms with Gasteiger partial charge in [-0.3, -0.25) is 0 Å². The third-order valence-corrected chi connectivity index (χ3v) is 4.44. The minimum Gasteiger partial charge on any atom is -0.465 e. The summed E-state index contributed by atoms with van der Waals surface area (Å²) in [6, 6.07) is 7.46. The Labute approximate surface area is 148 Å². The average Bonchev–Trinajstić information content (AvgIpc) is 3.05. The number of aromatic nitrogens is 4. The zero-order chi connectivity index (χ0) is 17.4. The van der Waals surface area contributed by atoms with E-state index in [1.165, 1.54) is 4.90 Å². The lowest BCUT2D eigenvalue weighted by Gasteiger charge is -2.33. The normalized spacial score (nSPS) is 14.9. The molecule has 1 fully saturated rings. The number of hydrogen-bond acceptors (Lipinski definition) is 5. The first-order valence-corrected chi connectivity index (χ1v) is 8.19. The lowest BCUT2D eigenvalue weighted by molar-refractivity contribution is 0.142. The molecule has 0 aliphatic carbocycles. The van der Waals surface area contributed by atoms with E-state index >= 15 is 0 Å². The number of fused-ring (bicyclic) bond motifs is 1. The molecule has 3 aromatic heterocycles. The lowest BCUT2D eigenvalue weighted by Crippen LogP contribution is -2.48. The number of amides is 1. The van der Waals surface area contributed by atoms with Crippen LogP contribution in [0.15, 0.2) is 36.7 Å². The van der Waals surface area contributed by atoms with Gasteiger partial charge in [0.1, 0.15) is 11.0 Å². The van der Waals surface area contributed by atoms with Crippen LogP contribution in [-0.4, -0.2) is 62.0 Å². The maximum atomic E-state index is 11.0. The minimum atomic E-state index is -0.880. The van der Waals surface area contributed by atoms with Gasteiger partial charge in [-0.1, -0.05) is 17.7 Å². The molecule has 0 unspecified atom stereocenters. The van der Waals surface area contributed by atoms with E-state index in [0.717, 1.165) is 16.7 Å². The molecule has 0 aromatic carbocycles. The molecule has 128 valence electrons. The fourth-order valence-electron chi connectivity index (χ4n) is 2.91. The predicted octanol–water partition coefficient (Wildman–Crippen LogP) is 2.27. The van der Waals surface area contributed by atoms with Gasteiger partial charge in [0.05, 0.1) is 11.7 Å². The number of hydrogen-bond donors (Lipinski definition) is 1. The minimum absolute atomic E-state index is 0.398. The molecule has 1 aliphatic rings. The van der Waals surface area contributed by atoms with Crippen molar-refractivity contribution in [3.05, 3.63) is 41.8 Å². The summed E-state index contributed by atoms with van der Waals surface area (Å²) < 4.78 is 1.72. The van der Waals surface area contributed by atoms with Crippen molar-refractivity contribution in [2.45, 2.75) is 0 Å². The number of pyridine rings is 2. The SMILES string of the molecule is O=C(O)N1CCN(c2cccc(-n3ncc4cnc(Cl)cc43)n2)CC1. The number of rotatable bonds is 2. The number of carboxylic acid groups (broad SMARTS) is 1. The van der Waals surface area contributed by atoms with Crippen molar-refractivity contribution in [3.63, 3.8) is 0 Å². The molecular weight excluding hydrogens is 344 g/mol. The lowest BCUT2D eigenvalue weighted by atomic mass is 10.3. The van der Waals surface area contributed by atoms with Crippen molar-refractivity contribution in [1.82, 2.24) is 24.6 Å². The van der Waals surface area contributed by atoms with Gasteiger partial charge in [-0.05, 0) is 12.1 Å². The van der Waals surface area contributed by atoms with E-state index in [9.17, 15) is 4.79 Å². The summed E-state index contributed by atoms with van der Waals surface area (Å²) in [6.07, 6.45) is 2.52. The van der Waals surface area contributed by atoms with Gasteiger partial charge in [0.25, 0.3) is 0 Å². The Hall–Kier alpha value is -2.87. The fraction of sp³-hybridized carbons (Fsp3) is 0.250. The molecule has 0 bridgehead atoms. The number of anilines is 1. The van der Waals surface area contributed by atoms with E-state index in [-0.39, 0.29) is 0 Å². The summed E-state index contributed by atoms with van der Waals surface area (Å²) >= 11 is 5.99. The van der Waals surface area contributed by atoms with Gasteiger partial charge in [0.2, 0.25) is 0 Å². The van der Waals surface area contributed by atoms with Crippen LogP contribution < -0.4 is 4.90 Å². The van der Waals surface area contributed by atoms with Crippen molar-refractivity contribution < 1.29 is 9.90 Å². The number of nitrogens with zero attached hydrogens (tertiary/aromatic N) is 6. The summed E-state index contributed by atoms with van der Waals surface area (Å²) in [5.41, 5.74) is 0.834. The first-order valence-electron chi connectivity index (χ1n) is 7.81. The van der Waals surface area contributed by atoms with Gasteiger partial charge in [0.15, 0.2) is 5.82 Å². The monoisotopic (exact) mass is 358 g/mol. The van der Waals surface area contributed by atoms with Crippen molar-refractivity contribution >= 4 is 34.4 Å². The van der Waals surface area contributed by atoms with Gasteiger partial charge in [-0.25, -0.2) is 19.4 Å². The smallest absolute Gasteiger partial charge is 0.407 e. The molecule has 0 spiro atoms. The predicted molar refractivity (Wildman–Crippen MR) is 93.5 cm³/mol. The molecule has 4 heterocycles. The summed E-state index contributed by atoms with van der Waals surface area (Å²) in [4.78, 5) is 23.3. The van der Waals surface area contributed by atoms with Crippen molar-refractivity contribution in [2.75, 3.05) is 31.1 Å². The molecule has 1 amide bonds. The molecule has 0 radical (unpaired) electrons. The molecule has 3 aromatic rings. The molecule has 1 N–H and O–H groups in total. The standard InChI is InChI=1S/C16H15ClN6O2/c17-13-8-12-11(9-18-13)10-19-23(12)15-3-1-2-14(20-15)21-4-6-22(7-5-21)16(24)25/h1-3,8-10H,4-7H2,(H,24,25). The van der Waals surface area contributed by atoms with Crippen molar-refractivity contribution in [2.24, 2.45) is 0 Å². The summed E-state index contributed by atoms with van der Waals surface area (Å²) in [7, 11) is 0. The summed E-state index contributed by atoms with van der Waals surface area (Å²) in [5, 5.41) is 14.7. The molecular formula is C16H15ClN6O2. The van der Waals surface area contributed by atoms with Crippen LogP contribution in [0.3, 0.4) is 0 Å². The maximum Gasteiger partial charge on any atom is 0.407 e. The van der Waals surface area contributed by atoms with Crippen LogP contribution in [-0.2, 0) is 0 Å². The van der Waals surface area contributed by atoms with Gasteiger partial charge < -0.3 is 14.9 Å². The third-order valence-electron chi connectivity index (χ3n) is 4.23. The van der Waals surface area contributed by atoms with Gasteiger partial charge in [-0.2, -0.15) is 5.10 Å². The number of halogens is 1. The Balaban J connectivity index is 1.63. The van der Waals surface area contributed by atoms with E-state index < -0.39 is 6.09 Å². The quantitative estimate of drug-likeness (QED) is 0.707. The molecule has 8 nitrogen and oxygen atoms in total. The number of carbonyl (C=O) groups is 1. The second-order valence-electron chi connectivity index (χ2n) is 5.73. The van der Waals surface area contributed by atoms with Crippen LogP contribution in [0.1, 0.15) is 0 Å². The van der Waals surface area contributed by atoms with E-state index in [1.54, 1.807) is 23.1 Å². The Morgan fingerprint density at radius 1 is 1.12 bits per heavy atom. The highest BCUT2D eigenvalue weighted by molar-refractivity contribution is 6.30. The third kappa shape index (κ3) is 2.96. The zero-order valence-corrected chi connectivity index (χ0v) is 14.0. The van der Waals surface area contributed by atoms with E-state index in [4.69, 9.17) is 16.7 Å². The van der Waals surface area contributed by atoms with Gasteiger partial charge in [-0.15, -0.1) is 0 Å². The Morgan fingerprint density at radius 3 is 2.64 bits per heavy atom. The van der Waals surface area contributed by atoms with E-state index in [0.29, 0.717) is 37.1 Å². The first kappa shape index (κ1) is 15.6. The van der Waals surface area contributed by atoms with Gasteiger partial charge in [0, 0.05) is 43.8 Å². The van der Waals surface area contributed by atoms with E-state index in [1.807, 2.05) is 18.2 Å². The largest absolute Gasteiger partial charge is 0.465 e. The maximum absolute atomic E-state index is 11.0. The second-order valence-corrected chi connectivity index (χ2v) is 6.12. The molecule has 4 rings (SSSR count). The van der Waals surface area contributed by atoms with Crippen LogP contribution in [0, 0.1) is 0 Å². The van der Waals surface area contributed by atoms with Crippen LogP contribution in [0.25, 0.3) is 16.7 Å². The molecule has 9 heteroatoms. The van der Waals surface area contributed by atoms with Crippen LogP contribution in [0.2, 0.25) is 5.15 Å². The Kier molecular flexibility index (Phi) is 3.89. The van der Waals surface area contributed by atoms with E-state index in [2.05, 4.69) is 20.0 Å². The highest BCUT2D eigenvalue weighted by atomic mass is 35.5. The highest BCUT2D eigenvalue weighted by Gasteiger charge is 2.21. The Morgan fingerprint density at radius 2 is 1.88 bits per heavy atom. The fourth-order valence-corrected chi connectivity index (χ4v) is 3.06. The van der Waals surface area contributed by atoms with Gasteiger partial charge >= 0.3 is 6.09 Å². The second kappa shape index (κ2) is 6.21. The van der Waals surface area contributed by atoms with Crippen LogP contribution >= 0.6 is 11.6 Å². The molecule has 1 aliphatic heterocycles. The van der Waals surface area contributed by atoms with Crippen LogP contribution in [0.4, 0.5) is 10.6 Å². The summed E-state index contributed by atoms with van der Waals surface area (Å²) in [6.45, 7) is 2.15. The van der Waals surface area contributed by atoms with Crippen molar-refractivity contribution in [3.8, 4) is 5.82 Å². The highest BCUT2D eigenvalue weighted by Crippen LogP contribution is 2.21. The molecule has 1 saturated heterocycles. The molecule has 0 saturated carbocycles. The summed E-state index contributed by atoms with van der Waals surface area (Å²) in [5.74, 6) is 1.47. The first-order chi connectivity index (χ1) is 12.1. The number of piperazine rings is 1. The van der Waals surface area contributed by atoms with Crippen molar-refractivity contribution in [1.29, 1.82) is 0 Å². The Bertz CT molecular complexity index is 935. The van der Waals surface area contributed by atoms with Crippen LogP contribution in [0.5, 0.6) is 0 Å². The zero-order valence-electron chi connectivity index (χ0n) is 13.2.